The third-order valence-electron chi connectivity index (χ3n) is 3.54. The average molecular weight is 284 g/mol. The van der Waals surface area contributed by atoms with Gasteiger partial charge in [0, 0.05) is 0 Å². The van der Waals surface area contributed by atoms with E-state index in [1.807, 2.05) is 48.5 Å². The largest absolute Gasteiger partial charge is 0.492 e. The number of carboxylic acids is 1. The van der Waals surface area contributed by atoms with Crippen LogP contribution in [0.1, 0.15) is 11.1 Å². The van der Waals surface area contributed by atoms with Crippen LogP contribution in [0.5, 0.6) is 11.5 Å². The van der Waals surface area contributed by atoms with Crippen molar-refractivity contribution in [2.24, 2.45) is 5.92 Å². The highest BCUT2D eigenvalue weighted by Gasteiger charge is 2.25. The van der Waals surface area contributed by atoms with E-state index in [-0.39, 0.29) is 6.61 Å². The van der Waals surface area contributed by atoms with E-state index in [2.05, 4.69) is 0 Å². The van der Waals surface area contributed by atoms with Crippen LogP contribution >= 0.6 is 0 Å². The number of aliphatic carboxylic acids is 1. The molecule has 3 rings (SSSR count). The fraction of sp³-hybridized carbons (Fsp3) is 0.235. The fourth-order valence-corrected chi connectivity index (χ4v) is 2.36. The molecular formula is C17H16O4. The molecule has 0 saturated carbocycles. The van der Waals surface area contributed by atoms with Crippen LogP contribution < -0.4 is 9.47 Å². The Bertz CT molecular complexity index is 636. The molecule has 1 aliphatic rings. The molecule has 1 unspecified atom stereocenters. The topological polar surface area (TPSA) is 55.8 Å². The van der Waals surface area contributed by atoms with Gasteiger partial charge in [0.25, 0.3) is 0 Å². The highest BCUT2D eigenvalue weighted by atomic mass is 16.5. The zero-order valence-electron chi connectivity index (χ0n) is 11.5. The van der Waals surface area contributed by atoms with E-state index < -0.39 is 11.9 Å². The first kappa shape index (κ1) is 13.5. The maximum Gasteiger partial charge on any atom is 0.310 e. The molecule has 21 heavy (non-hydrogen) atoms. The first-order valence-electron chi connectivity index (χ1n) is 6.87. The van der Waals surface area contributed by atoms with Crippen molar-refractivity contribution in [3.8, 4) is 11.5 Å². The van der Waals surface area contributed by atoms with Crippen LogP contribution in [0.3, 0.4) is 0 Å². The summed E-state index contributed by atoms with van der Waals surface area (Å²) in [6.45, 7) is 0.718. The fourth-order valence-electron chi connectivity index (χ4n) is 2.36. The number of hydrogen-bond acceptors (Lipinski definition) is 3. The lowest BCUT2D eigenvalue weighted by Gasteiger charge is -2.23. The van der Waals surface area contributed by atoms with E-state index in [4.69, 9.17) is 14.6 Å². The van der Waals surface area contributed by atoms with Gasteiger partial charge in [0.1, 0.15) is 24.7 Å². The smallest absolute Gasteiger partial charge is 0.310 e. The third-order valence-corrected chi connectivity index (χ3v) is 3.54. The molecule has 0 radical (unpaired) electrons. The van der Waals surface area contributed by atoms with Gasteiger partial charge in [-0.15, -0.1) is 0 Å². The summed E-state index contributed by atoms with van der Waals surface area (Å²) in [5.41, 5.74) is 1.98. The molecule has 0 amide bonds. The molecule has 0 saturated heterocycles. The van der Waals surface area contributed by atoms with Crippen LogP contribution in [0, 0.1) is 5.92 Å². The molecule has 0 spiro atoms. The van der Waals surface area contributed by atoms with E-state index in [1.165, 1.54) is 0 Å². The zero-order chi connectivity index (χ0) is 14.7. The van der Waals surface area contributed by atoms with Gasteiger partial charge in [-0.3, -0.25) is 4.79 Å². The average Bonchev–Trinajstić information content (AvgIpc) is 2.53. The summed E-state index contributed by atoms with van der Waals surface area (Å²) in [7, 11) is 0. The first-order chi connectivity index (χ1) is 10.2. The second-order valence-corrected chi connectivity index (χ2v) is 5.09. The molecular weight excluding hydrogens is 268 g/mol. The molecule has 108 valence electrons. The Morgan fingerprint density at radius 2 is 2.05 bits per heavy atom. The van der Waals surface area contributed by atoms with Crippen molar-refractivity contribution in [2.75, 3.05) is 6.61 Å². The molecule has 2 aromatic rings. The van der Waals surface area contributed by atoms with E-state index in [1.54, 1.807) is 0 Å². The number of carbonyl (C=O) groups is 1. The van der Waals surface area contributed by atoms with Gasteiger partial charge in [-0.2, -0.15) is 0 Å². The summed E-state index contributed by atoms with van der Waals surface area (Å²) in [6, 6.07) is 15.5. The summed E-state index contributed by atoms with van der Waals surface area (Å²) in [5.74, 6) is 0.171. The molecule has 0 fully saturated rings. The highest BCUT2D eigenvalue weighted by molar-refractivity contribution is 5.71. The molecule has 2 aromatic carbocycles. The number of benzene rings is 2. The van der Waals surface area contributed by atoms with Gasteiger partial charge < -0.3 is 14.6 Å². The van der Waals surface area contributed by atoms with Crippen molar-refractivity contribution >= 4 is 5.97 Å². The van der Waals surface area contributed by atoms with Crippen molar-refractivity contribution in [3.05, 3.63) is 59.7 Å². The van der Waals surface area contributed by atoms with E-state index in [0.717, 1.165) is 22.6 Å². The molecule has 4 nitrogen and oxygen atoms in total. The minimum atomic E-state index is -0.823. The van der Waals surface area contributed by atoms with Gasteiger partial charge >= 0.3 is 5.97 Å². The summed E-state index contributed by atoms with van der Waals surface area (Å²) < 4.78 is 11.2. The summed E-state index contributed by atoms with van der Waals surface area (Å²) in [6.07, 6.45) is 0.479. The van der Waals surface area contributed by atoms with Crippen molar-refractivity contribution in [1.82, 2.24) is 0 Å². The standard InChI is InChI=1S/C17H16O4/c18-17(19)14-8-13-9-15(6-7-16(13)21-11-14)20-10-12-4-2-1-3-5-12/h1-7,9,14H,8,10-11H2,(H,18,19). The highest BCUT2D eigenvalue weighted by Crippen LogP contribution is 2.31. The summed E-state index contributed by atoms with van der Waals surface area (Å²) in [5, 5.41) is 9.07. The van der Waals surface area contributed by atoms with Gasteiger partial charge in [-0.05, 0) is 35.7 Å². The monoisotopic (exact) mass is 284 g/mol. The molecule has 1 heterocycles. The quantitative estimate of drug-likeness (QED) is 0.938. The molecule has 1 atom stereocenters. The van der Waals surface area contributed by atoms with Crippen LogP contribution in [0.4, 0.5) is 0 Å². The van der Waals surface area contributed by atoms with E-state index >= 15 is 0 Å². The van der Waals surface area contributed by atoms with Crippen LogP contribution in [-0.4, -0.2) is 17.7 Å². The molecule has 4 heteroatoms. The Kier molecular flexibility index (Phi) is 3.77. The Morgan fingerprint density at radius 1 is 1.24 bits per heavy atom. The zero-order valence-corrected chi connectivity index (χ0v) is 11.5. The SMILES string of the molecule is O=C(O)C1COc2ccc(OCc3ccccc3)cc2C1. The van der Waals surface area contributed by atoms with Crippen molar-refractivity contribution in [3.63, 3.8) is 0 Å². The number of carboxylic acid groups (broad SMARTS) is 1. The minimum Gasteiger partial charge on any atom is -0.492 e. The Labute approximate surface area is 122 Å². The lowest BCUT2D eigenvalue weighted by molar-refractivity contribution is -0.143. The van der Waals surface area contributed by atoms with Gasteiger partial charge in [-0.1, -0.05) is 30.3 Å². The van der Waals surface area contributed by atoms with Crippen molar-refractivity contribution in [2.45, 2.75) is 13.0 Å². The van der Waals surface area contributed by atoms with Gasteiger partial charge in [0.15, 0.2) is 0 Å². The van der Waals surface area contributed by atoms with Crippen molar-refractivity contribution in [1.29, 1.82) is 0 Å². The van der Waals surface area contributed by atoms with E-state index in [0.29, 0.717) is 13.0 Å². The van der Waals surface area contributed by atoms with Crippen LogP contribution in [0.2, 0.25) is 0 Å². The normalized spacial score (nSPS) is 16.7. The Balaban J connectivity index is 1.71. The Morgan fingerprint density at radius 3 is 2.81 bits per heavy atom. The van der Waals surface area contributed by atoms with Crippen LogP contribution in [0.25, 0.3) is 0 Å². The molecule has 0 bridgehead atoms. The van der Waals surface area contributed by atoms with Crippen LogP contribution in [-0.2, 0) is 17.8 Å². The molecule has 1 aliphatic heterocycles. The van der Waals surface area contributed by atoms with Gasteiger partial charge in [-0.25, -0.2) is 0 Å². The maximum atomic E-state index is 11.0. The maximum absolute atomic E-state index is 11.0. The number of fused-ring (bicyclic) bond motifs is 1. The van der Waals surface area contributed by atoms with Gasteiger partial charge in [0.2, 0.25) is 0 Å². The van der Waals surface area contributed by atoms with Crippen LogP contribution in [0.15, 0.2) is 48.5 Å². The van der Waals surface area contributed by atoms with Crippen molar-refractivity contribution < 1.29 is 19.4 Å². The number of rotatable bonds is 4. The predicted molar refractivity (Wildman–Crippen MR) is 77.5 cm³/mol. The number of ether oxygens (including phenoxy) is 2. The van der Waals surface area contributed by atoms with Gasteiger partial charge in [0.05, 0.1) is 5.92 Å². The predicted octanol–water partition coefficient (Wildman–Crippen LogP) is 2.90. The second-order valence-electron chi connectivity index (χ2n) is 5.09. The first-order valence-corrected chi connectivity index (χ1v) is 6.87. The second kappa shape index (κ2) is 5.87. The minimum absolute atomic E-state index is 0.229. The molecule has 1 N–H and O–H groups in total. The number of hydrogen-bond donors (Lipinski definition) is 1. The molecule has 0 aromatic heterocycles. The van der Waals surface area contributed by atoms with E-state index in [9.17, 15) is 4.79 Å². The summed E-state index contributed by atoms with van der Waals surface area (Å²) in [4.78, 5) is 11.0. The lowest BCUT2D eigenvalue weighted by atomic mass is 9.97. The lowest BCUT2D eigenvalue weighted by Crippen LogP contribution is -2.27. The Hall–Kier alpha value is -2.49. The molecule has 0 aliphatic carbocycles. The summed E-state index contributed by atoms with van der Waals surface area (Å²) >= 11 is 0. The third kappa shape index (κ3) is 3.16.